The summed E-state index contributed by atoms with van der Waals surface area (Å²) in [5.74, 6) is -0.302. The SMILES string of the molecule is COc1ccc(C(=O)N/N=C\c2ccc(Cl)cc2Cl)c(O)c1. The number of ether oxygens (including phenoxy) is 1. The van der Waals surface area contributed by atoms with Crippen molar-refractivity contribution in [3.8, 4) is 11.5 Å². The fraction of sp³-hybridized carbons (Fsp3) is 0.0667. The van der Waals surface area contributed by atoms with E-state index in [1.54, 1.807) is 24.3 Å². The fourth-order valence-corrected chi connectivity index (χ4v) is 2.11. The number of hydrogen-bond donors (Lipinski definition) is 2. The number of amides is 1. The monoisotopic (exact) mass is 338 g/mol. The van der Waals surface area contributed by atoms with E-state index in [9.17, 15) is 9.90 Å². The summed E-state index contributed by atoms with van der Waals surface area (Å²) in [5, 5.41) is 14.5. The number of phenols is 1. The van der Waals surface area contributed by atoms with Gasteiger partial charge in [-0.15, -0.1) is 0 Å². The van der Waals surface area contributed by atoms with Gasteiger partial charge in [-0.3, -0.25) is 4.79 Å². The van der Waals surface area contributed by atoms with Gasteiger partial charge < -0.3 is 9.84 Å². The van der Waals surface area contributed by atoms with Gasteiger partial charge in [-0.2, -0.15) is 5.10 Å². The van der Waals surface area contributed by atoms with Crippen LogP contribution in [-0.4, -0.2) is 24.3 Å². The molecule has 5 nitrogen and oxygen atoms in total. The summed E-state index contributed by atoms with van der Waals surface area (Å²) < 4.78 is 4.94. The lowest BCUT2D eigenvalue weighted by Crippen LogP contribution is -2.17. The Labute approximate surface area is 137 Å². The zero-order chi connectivity index (χ0) is 16.1. The highest BCUT2D eigenvalue weighted by Crippen LogP contribution is 2.23. The summed E-state index contributed by atoms with van der Waals surface area (Å²) in [6.07, 6.45) is 1.39. The van der Waals surface area contributed by atoms with E-state index in [4.69, 9.17) is 27.9 Å². The van der Waals surface area contributed by atoms with Crippen molar-refractivity contribution in [2.24, 2.45) is 5.10 Å². The summed E-state index contributed by atoms with van der Waals surface area (Å²) in [5.41, 5.74) is 2.99. The zero-order valence-corrected chi connectivity index (χ0v) is 13.0. The van der Waals surface area contributed by atoms with Crippen LogP contribution in [-0.2, 0) is 0 Å². The number of halogens is 2. The summed E-state index contributed by atoms with van der Waals surface area (Å²) >= 11 is 11.8. The number of hydrogen-bond acceptors (Lipinski definition) is 4. The largest absolute Gasteiger partial charge is 0.507 e. The molecule has 0 aliphatic carbocycles. The molecule has 0 radical (unpaired) electrons. The molecule has 0 atom stereocenters. The van der Waals surface area contributed by atoms with Gasteiger partial charge in [0, 0.05) is 16.7 Å². The first-order valence-corrected chi connectivity index (χ1v) is 6.92. The van der Waals surface area contributed by atoms with E-state index in [-0.39, 0.29) is 11.3 Å². The maximum absolute atomic E-state index is 11.9. The van der Waals surface area contributed by atoms with E-state index >= 15 is 0 Å². The van der Waals surface area contributed by atoms with Crippen molar-refractivity contribution in [2.45, 2.75) is 0 Å². The molecule has 2 aromatic rings. The molecular formula is C15H12Cl2N2O3. The Morgan fingerprint density at radius 1 is 1.27 bits per heavy atom. The van der Waals surface area contributed by atoms with Crippen LogP contribution < -0.4 is 10.2 Å². The van der Waals surface area contributed by atoms with Crippen molar-refractivity contribution in [1.29, 1.82) is 0 Å². The van der Waals surface area contributed by atoms with Gasteiger partial charge in [-0.25, -0.2) is 5.43 Å². The molecule has 0 aliphatic heterocycles. The first-order chi connectivity index (χ1) is 10.5. The predicted octanol–water partition coefficient (Wildman–Crippen LogP) is 3.47. The average molecular weight is 339 g/mol. The third kappa shape index (κ3) is 3.90. The molecule has 0 bridgehead atoms. The minimum absolute atomic E-state index is 0.0835. The number of carbonyl (C=O) groups excluding carboxylic acids is 1. The fourth-order valence-electron chi connectivity index (χ4n) is 1.66. The normalized spacial score (nSPS) is 10.7. The maximum Gasteiger partial charge on any atom is 0.275 e. The minimum atomic E-state index is -0.554. The first kappa shape index (κ1) is 16.1. The van der Waals surface area contributed by atoms with Crippen molar-refractivity contribution in [3.63, 3.8) is 0 Å². The molecule has 0 aromatic heterocycles. The quantitative estimate of drug-likeness (QED) is 0.662. The lowest BCUT2D eigenvalue weighted by molar-refractivity contribution is 0.0952. The number of hydrazone groups is 1. The van der Waals surface area contributed by atoms with E-state index in [2.05, 4.69) is 10.5 Å². The van der Waals surface area contributed by atoms with Crippen LogP contribution in [0.1, 0.15) is 15.9 Å². The highest BCUT2D eigenvalue weighted by molar-refractivity contribution is 6.36. The van der Waals surface area contributed by atoms with E-state index < -0.39 is 5.91 Å². The van der Waals surface area contributed by atoms with Crippen LogP contribution in [0.25, 0.3) is 0 Å². The van der Waals surface area contributed by atoms with Crippen LogP contribution >= 0.6 is 23.2 Å². The Morgan fingerprint density at radius 3 is 2.68 bits per heavy atom. The molecule has 7 heteroatoms. The third-order valence-corrected chi connectivity index (χ3v) is 3.34. The lowest BCUT2D eigenvalue weighted by Gasteiger charge is -2.05. The predicted molar refractivity (Wildman–Crippen MR) is 86.2 cm³/mol. The molecule has 114 valence electrons. The Morgan fingerprint density at radius 2 is 2.05 bits per heavy atom. The number of rotatable bonds is 4. The van der Waals surface area contributed by atoms with Crippen molar-refractivity contribution >= 4 is 35.3 Å². The Bertz CT molecular complexity index is 733. The molecule has 22 heavy (non-hydrogen) atoms. The zero-order valence-electron chi connectivity index (χ0n) is 11.5. The number of nitrogens with zero attached hydrogens (tertiary/aromatic N) is 1. The molecule has 0 fully saturated rings. The van der Waals surface area contributed by atoms with Gasteiger partial charge in [-0.05, 0) is 24.3 Å². The topological polar surface area (TPSA) is 70.9 Å². The summed E-state index contributed by atoms with van der Waals surface area (Å²) in [4.78, 5) is 11.9. The molecular weight excluding hydrogens is 327 g/mol. The second kappa shape index (κ2) is 7.15. The molecule has 2 N–H and O–H groups in total. The highest BCUT2D eigenvalue weighted by atomic mass is 35.5. The lowest BCUT2D eigenvalue weighted by atomic mass is 10.2. The summed E-state index contributed by atoms with van der Waals surface area (Å²) in [7, 11) is 1.47. The van der Waals surface area contributed by atoms with Gasteiger partial charge >= 0.3 is 0 Å². The number of phenolic OH excluding ortho intramolecular Hbond substituents is 1. The standard InChI is InChI=1S/C15H12Cl2N2O3/c1-22-11-4-5-12(14(20)7-11)15(21)19-18-8-9-2-3-10(16)6-13(9)17/h2-8,20H,1H3,(H,19,21)/b18-8-. The van der Waals surface area contributed by atoms with Gasteiger partial charge in [0.2, 0.25) is 0 Å². The summed E-state index contributed by atoms with van der Waals surface area (Å²) in [6, 6.07) is 9.25. The van der Waals surface area contributed by atoms with Crippen molar-refractivity contribution in [1.82, 2.24) is 5.43 Å². The maximum atomic E-state index is 11.9. The number of methoxy groups -OCH3 is 1. The van der Waals surface area contributed by atoms with Gasteiger partial charge in [-0.1, -0.05) is 29.3 Å². The molecule has 0 heterocycles. The van der Waals surface area contributed by atoms with Crippen molar-refractivity contribution in [2.75, 3.05) is 7.11 Å². The number of carbonyl (C=O) groups is 1. The van der Waals surface area contributed by atoms with Crippen LogP contribution in [0, 0.1) is 0 Å². The molecule has 0 saturated heterocycles. The smallest absolute Gasteiger partial charge is 0.275 e. The minimum Gasteiger partial charge on any atom is -0.507 e. The second-order valence-electron chi connectivity index (χ2n) is 4.25. The molecule has 0 spiro atoms. The summed E-state index contributed by atoms with van der Waals surface area (Å²) in [6.45, 7) is 0. The number of nitrogens with one attached hydrogen (secondary N) is 1. The van der Waals surface area contributed by atoms with Crippen LogP contribution in [0.15, 0.2) is 41.5 Å². The van der Waals surface area contributed by atoms with Gasteiger partial charge in [0.1, 0.15) is 11.5 Å². The molecule has 2 aromatic carbocycles. The Kier molecular flexibility index (Phi) is 5.25. The molecule has 1 amide bonds. The third-order valence-electron chi connectivity index (χ3n) is 2.78. The number of aromatic hydroxyl groups is 1. The van der Waals surface area contributed by atoms with Crippen molar-refractivity contribution < 1.29 is 14.6 Å². The highest BCUT2D eigenvalue weighted by Gasteiger charge is 2.11. The van der Waals surface area contributed by atoms with E-state index in [0.29, 0.717) is 21.4 Å². The van der Waals surface area contributed by atoms with E-state index in [0.717, 1.165) is 0 Å². The Hall–Kier alpha value is -2.24. The van der Waals surface area contributed by atoms with Crippen LogP contribution in [0.4, 0.5) is 0 Å². The average Bonchev–Trinajstić information content (AvgIpc) is 2.49. The molecule has 2 rings (SSSR count). The first-order valence-electron chi connectivity index (χ1n) is 6.16. The van der Waals surface area contributed by atoms with Gasteiger partial charge in [0.05, 0.1) is 23.9 Å². The Balaban J connectivity index is 2.08. The van der Waals surface area contributed by atoms with E-state index in [1.165, 1.54) is 25.5 Å². The van der Waals surface area contributed by atoms with Crippen LogP contribution in [0.2, 0.25) is 10.0 Å². The molecule has 0 aliphatic rings. The van der Waals surface area contributed by atoms with Gasteiger partial charge in [0.25, 0.3) is 5.91 Å². The molecule has 0 unspecified atom stereocenters. The van der Waals surface area contributed by atoms with Crippen molar-refractivity contribution in [3.05, 3.63) is 57.6 Å². The van der Waals surface area contributed by atoms with Crippen LogP contribution in [0.3, 0.4) is 0 Å². The van der Waals surface area contributed by atoms with Crippen LogP contribution in [0.5, 0.6) is 11.5 Å². The molecule has 0 saturated carbocycles. The van der Waals surface area contributed by atoms with Gasteiger partial charge in [0.15, 0.2) is 0 Å². The second-order valence-corrected chi connectivity index (χ2v) is 5.09. The number of benzene rings is 2. The van der Waals surface area contributed by atoms with E-state index in [1.807, 2.05) is 0 Å².